The molecule has 1 atom stereocenters. The maximum Gasteiger partial charge on any atom is 0.274 e. The van der Waals surface area contributed by atoms with E-state index in [9.17, 15) is 9.59 Å². The third-order valence-electron chi connectivity index (χ3n) is 5.28. The van der Waals surface area contributed by atoms with Gasteiger partial charge in [0.2, 0.25) is 5.91 Å². The van der Waals surface area contributed by atoms with Gasteiger partial charge in [0.15, 0.2) is 5.65 Å². The Morgan fingerprint density at radius 1 is 1.21 bits per heavy atom. The summed E-state index contributed by atoms with van der Waals surface area (Å²) >= 11 is 0. The van der Waals surface area contributed by atoms with E-state index in [-0.39, 0.29) is 23.4 Å². The second kappa shape index (κ2) is 8.03. The van der Waals surface area contributed by atoms with E-state index >= 15 is 0 Å². The first-order valence-corrected chi connectivity index (χ1v) is 10.0. The molecule has 1 fully saturated rings. The molecule has 0 bridgehead atoms. The van der Waals surface area contributed by atoms with E-state index in [1.165, 1.54) is 10.6 Å². The van der Waals surface area contributed by atoms with Crippen LogP contribution in [0.1, 0.15) is 43.9 Å². The molecule has 0 saturated carbocycles. The van der Waals surface area contributed by atoms with Crippen molar-refractivity contribution in [2.24, 2.45) is 0 Å². The Balaban J connectivity index is 1.55. The Morgan fingerprint density at radius 3 is 2.76 bits per heavy atom. The van der Waals surface area contributed by atoms with Crippen LogP contribution in [0.3, 0.4) is 0 Å². The van der Waals surface area contributed by atoms with Gasteiger partial charge in [-0.25, -0.2) is 4.98 Å². The number of benzene rings is 1. The number of carbonyl (C=O) groups is 1. The van der Waals surface area contributed by atoms with Crippen LogP contribution in [-0.4, -0.2) is 33.1 Å². The van der Waals surface area contributed by atoms with Crippen LogP contribution in [-0.2, 0) is 11.3 Å². The van der Waals surface area contributed by atoms with Gasteiger partial charge < -0.3 is 10.2 Å². The number of amides is 1. The van der Waals surface area contributed by atoms with Gasteiger partial charge in [-0.15, -0.1) is 5.10 Å². The summed E-state index contributed by atoms with van der Waals surface area (Å²) in [7, 11) is 0. The molecular formula is C22H25N5O2. The molecule has 3 aromatic rings. The average Bonchev–Trinajstić information content (AvgIpc) is 3.22. The molecule has 7 heteroatoms. The van der Waals surface area contributed by atoms with Gasteiger partial charge in [0.05, 0.1) is 5.69 Å². The minimum Gasteiger partial charge on any atom is -0.350 e. The minimum absolute atomic E-state index is 0.0196. The minimum atomic E-state index is -0.290. The summed E-state index contributed by atoms with van der Waals surface area (Å²) in [5.74, 6) is 0.772. The monoisotopic (exact) mass is 391 g/mol. The third kappa shape index (κ3) is 3.99. The van der Waals surface area contributed by atoms with Crippen molar-refractivity contribution in [2.75, 3.05) is 11.4 Å². The summed E-state index contributed by atoms with van der Waals surface area (Å²) in [5, 5.41) is 7.52. The zero-order chi connectivity index (χ0) is 20.4. The van der Waals surface area contributed by atoms with Gasteiger partial charge in [0, 0.05) is 19.2 Å². The number of fused-ring (bicyclic) bond motifs is 1. The van der Waals surface area contributed by atoms with Crippen molar-refractivity contribution >= 4 is 17.4 Å². The number of carbonyl (C=O) groups excluding carboxylic acids is 1. The largest absolute Gasteiger partial charge is 0.350 e. The van der Waals surface area contributed by atoms with Crippen LogP contribution in [0.4, 0.5) is 5.82 Å². The lowest BCUT2D eigenvalue weighted by molar-refractivity contribution is -0.122. The maximum absolute atomic E-state index is 12.8. The number of hydrogen-bond donors (Lipinski definition) is 1. The van der Waals surface area contributed by atoms with Crippen LogP contribution < -0.4 is 15.8 Å². The van der Waals surface area contributed by atoms with Crippen LogP contribution in [0.2, 0.25) is 0 Å². The van der Waals surface area contributed by atoms with Crippen molar-refractivity contribution in [3.8, 4) is 0 Å². The first-order chi connectivity index (χ1) is 14.0. The van der Waals surface area contributed by atoms with E-state index in [1.54, 1.807) is 6.07 Å². The van der Waals surface area contributed by atoms with Crippen molar-refractivity contribution in [3.05, 3.63) is 70.1 Å². The highest BCUT2D eigenvalue weighted by molar-refractivity contribution is 5.85. The van der Waals surface area contributed by atoms with Crippen molar-refractivity contribution < 1.29 is 4.79 Å². The molecule has 1 amide bonds. The molecule has 1 saturated heterocycles. The van der Waals surface area contributed by atoms with Crippen LogP contribution in [0.5, 0.6) is 0 Å². The van der Waals surface area contributed by atoms with E-state index in [0.717, 1.165) is 30.6 Å². The van der Waals surface area contributed by atoms with Crippen molar-refractivity contribution in [1.29, 1.82) is 0 Å². The topological polar surface area (TPSA) is 79.6 Å². The van der Waals surface area contributed by atoms with Gasteiger partial charge in [0.25, 0.3) is 5.56 Å². The molecule has 0 aliphatic carbocycles. The Kier molecular flexibility index (Phi) is 5.29. The van der Waals surface area contributed by atoms with Gasteiger partial charge in [-0.1, -0.05) is 44.2 Å². The smallest absolute Gasteiger partial charge is 0.274 e. The number of nitrogens with one attached hydrogen (secondary N) is 1. The second-order valence-corrected chi connectivity index (χ2v) is 7.69. The molecule has 1 N–H and O–H groups in total. The van der Waals surface area contributed by atoms with Gasteiger partial charge in [0.1, 0.15) is 11.9 Å². The van der Waals surface area contributed by atoms with Crippen molar-refractivity contribution in [2.45, 2.75) is 45.2 Å². The SMILES string of the molecule is CC(C)c1cc(=O)n2nc(N3CCCC3C(=O)NCc3ccccc3)ccc2n1. The summed E-state index contributed by atoms with van der Waals surface area (Å²) in [5.41, 5.74) is 2.13. The highest BCUT2D eigenvalue weighted by atomic mass is 16.2. The van der Waals surface area contributed by atoms with Gasteiger partial charge >= 0.3 is 0 Å². The van der Waals surface area contributed by atoms with E-state index in [0.29, 0.717) is 18.0 Å². The van der Waals surface area contributed by atoms with Crippen LogP contribution >= 0.6 is 0 Å². The van der Waals surface area contributed by atoms with Crippen LogP contribution in [0.15, 0.2) is 53.3 Å². The second-order valence-electron chi connectivity index (χ2n) is 7.69. The van der Waals surface area contributed by atoms with E-state index in [1.807, 2.05) is 55.1 Å². The molecule has 1 aliphatic heterocycles. The molecule has 7 nitrogen and oxygen atoms in total. The number of aromatic nitrogens is 3. The normalized spacial score (nSPS) is 16.5. The molecule has 2 aromatic heterocycles. The standard InChI is InChI=1S/C22H25N5O2/c1-15(2)17-13-21(28)27-19(24-17)10-11-20(25-27)26-12-6-9-18(26)22(29)23-14-16-7-4-3-5-8-16/h3-5,7-8,10-11,13,15,18H,6,9,12,14H2,1-2H3,(H,23,29). The number of anilines is 1. The quantitative estimate of drug-likeness (QED) is 0.723. The molecule has 29 heavy (non-hydrogen) atoms. The molecule has 150 valence electrons. The lowest BCUT2D eigenvalue weighted by Crippen LogP contribution is -2.43. The third-order valence-corrected chi connectivity index (χ3v) is 5.28. The summed E-state index contributed by atoms with van der Waals surface area (Å²) in [6.45, 7) is 5.23. The highest BCUT2D eigenvalue weighted by Gasteiger charge is 2.31. The Morgan fingerprint density at radius 2 is 2.00 bits per heavy atom. The fourth-order valence-corrected chi connectivity index (χ4v) is 3.67. The molecular weight excluding hydrogens is 366 g/mol. The van der Waals surface area contributed by atoms with Crippen molar-refractivity contribution in [1.82, 2.24) is 19.9 Å². The lowest BCUT2D eigenvalue weighted by atomic mass is 10.1. The first-order valence-electron chi connectivity index (χ1n) is 10.0. The molecule has 4 rings (SSSR count). The number of rotatable bonds is 5. The summed E-state index contributed by atoms with van der Waals surface area (Å²) < 4.78 is 1.32. The maximum atomic E-state index is 12.8. The molecule has 3 heterocycles. The molecule has 0 spiro atoms. The van der Waals surface area contributed by atoms with E-state index < -0.39 is 0 Å². The van der Waals surface area contributed by atoms with Crippen LogP contribution in [0, 0.1) is 0 Å². The van der Waals surface area contributed by atoms with Crippen LogP contribution in [0.25, 0.3) is 5.65 Å². The fourth-order valence-electron chi connectivity index (χ4n) is 3.67. The zero-order valence-corrected chi connectivity index (χ0v) is 16.7. The van der Waals surface area contributed by atoms with Gasteiger partial charge in [-0.2, -0.15) is 4.52 Å². The molecule has 1 aromatic carbocycles. The highest BCUT2D eigenvalue weighted by Crippen LogP contribution is 2.24. The zero-order valence-electron chi connectivity index (χ0n) is 16.7. The molecule has 1 aliphatic rings. The van der Waals surface area contributed by atoms with Gasteiger partial charge in [-0.05, 0) is 36.5 Å². The van der Waals surface area contributed by atoms with Gasteiger partial charge in [-0.3, -0.25) is 9.59 Å². The number of nitrogens with zero attached hydrogens (tertiary/aromatic N) is 4. The Labute approximate surface area is 169 Å². The van der Waals surface area contributed by atoms with E-state index in [2.05, 4.69) is 15.4 Å². The fraction of sp³-hybridized carbons (Fsp3) is 0.364. The first kappa shape index (κ1) is 19.1. The molecule has 0 radical (unpaired) electrons. The van der Waals surface area contributed by atoms with Crippen molar-refractivity contribution in [3.63, 3.8) is 0 Å². The average molecular weight is 391 g/mol. The summed E-state index contributed by atoms with van der Waals surface area (Å²) in [6, 6.07) is 14.7. The Hall–Kier alpha value is -3.22. The number of hydrogen-bond acceptors (Lipinski definition) is 5. The Bertz CT molecular complexity index is 1080. The predicted octanol–water partition coefficient (Wildman–Crippen LogP) is 2.50. The summed E-state index contributed by atoms with van der Waals surface area (Å²) in [4.78, 5) is 31.8. The lowest BCUT2D eigenvalue weighted by Gasteiger charge is -2.25. The summed E-state index contributed by atoms with van der Waals surface area (Å²) in [6.07, 6.45) is 1.67. The van der Waals surface area contributed by atoms with E-state index in [4.69, 9.17) is 0 Å². The predicted molar refractivity (Wildman–Crippen MR) is 112 cm³/mol. The molecule has 1 unspecified atom stereocenters.